The Balaban J connectivity index is 2.17. The second-order valence-corrected chi connectivity index (χ2v) is 4.80. The van der Waals surface area contributed by atoms with Crippen LogP contribution >= 0.6 is 0 Å². The topological polar surface area (TPSA) is 26.3 Å². The average molecular weight is 254 g/mol. The van der Waals surface area contributed by atoms with E-state index in [1.165, 1.54) is 29.4 Å². The van der Waals surface area contributed by atoms with Crippen LogP contribution in [0.2, 0.25) is 0 Å². The van der Waals surface area contributed by atoms with Crippen LogP contribution in [0, 0.1) is 13.8 Å². The highest BCUT2D eigenvalue weighted by molar-refractivity contribution is 5.89. The number of ether oxygens (including phenoxy) is 1. The molecule has 2 nitrogen and oxygen atoms in total. The average Bonchev–Trinajstić information content (AvgIpc) is 2.42. The number of benzene rings is 2. The predicted molar refractivity (Wildman–Crippen MR) is 76.5 cm³/mol. The van der Waals surface area contributed by atoms with Gasteiger partial charge in [-0.25, -0.2) is 4.79 Å². The lowest BCUT2D eigenvalue weighted by molar-refractivity contribution is 0.0600. The second-order valence-electron chi connectivity index (χ2n) is 4.80. The van der Waals surface area contributed by atoms with E-state index in [2.05, 4.69) is 36.8 Å². The van der Waals surface area contributed by atoms with Crippen LogP contribution < -0.4 is 0 Å². The first-order valence-electron chi connectivity index (χ1n) is 6.33. The van der Waals surface area contributed by atoms with Gasteiger partial charge in [-0.15, -0.1) is 0 Å². The fraction of sp³-hybridized carbons (Fsp3) is 0.235. The summed E-state index contributed by atoms with van der Waals surface area (Å²) in [7, 11) is 1.39. The molecule has 0 saturated carbocycles. The zero-order valence-corrected chi connectivity index (χ0v) is 11.6. The third-order valence-corrected chi connectivity index (χ3v) is 3.27. The summed E-state index contributed by atoms with van der Waals surface area (Å²) in [6, 6.07) is 14.1. The molecule has 2 rings (SSSR count). The molecule has 98 valence electrons. The van der Waals surface area contributed by atoms with Crippen molar-refractivity contribution in [2.75, 3.05) is 7.11 Å². The Morgan fingerprint density at radius 1 is 1.05 bits per heavy atom. The first-order chi connectivity index (χ1) is 9.10. The molecule has 0 amide bonds. The molecule has 2 aromatic carbocycles. The minimum Gasteiger partial charge on any atom is -0.465 e. The summed E-state index contributed by atoms with van der Waals surface area (Å²) in [5.74, 6) is -0.293. The predicted octanol–water partition coefficient (Wildman–Crippen LogP) is 3.68. The maximum atomic E-state index is 11.4. The molecule has 0 bridgehead atoms. The molecule has 0 aromatic heterocycles. The molecule has 0 atom stereocenters. The van der Waals surface area contributed by atoms with Gasteiger partial charge in [0.15, 0.2) is 0 Å². The fourth-order valence-electron chi connectivity index (χ4n) is 2.14. The molecule has 0 aliphatic carbocycles. The number of esters is 1. The van der Waals surface area contributed by atoms with Crippen molar-refractivity contribution in [1.29, 1.82) is 0 Å². The molecule has 0 fully saturated rings. The number of methoxy groups -OCH3 is 1. The van der Waals surface area contributed by atoms with E-state index < -0.39 is 0 Å². The van der Waals surface area contributed by atoms with Gasteiger partial charge in [0.2, 0.25) is 0 Å². The third-order valence-electron chi connectivity index (χ3n) is 3.27. The van der Waals surface area contributed by atoms with Crippen molar-refractivity contribution >= 4 is 5.97 Å². The summed E-state index contributed by atoms with van der Waals surface area (Å²) < 4.78 is 4.69. The van der Waals surface area contributed by atoms with Gasteiger partial charge in [0.05, 0.1) is 12.7 Å². The standard InChI is InChI=1S/C17H18O2/c1-12-4-7-16(13(2)10-12)11-14-5-8-15(9-6-14)17(18)19-3/h4-10H,11H2,1-3H3. The smallest absolute Gasteiger partial charge is 0.337 e. The van der Waals surface area contributed by atoms with Crippen molar-refractivity contribution < 1.29 is 9.53 Å². The lowest BCUT2D eigenvalue weighted by Gasteiger charge is -2.07. The van der Waals surface area contributed by atoms with Crippen LogP contribution in [0.15, 0.2) is 42.5 Å². The van der Waals surface area contributed by atoms with E-state index in [4.69, 9.17) is 0 Å². The molecule has 0 N–H and O–H groups in total. The highest BCUT2D eigenvalue weighted by Gasteiger charge is 2.05. The summed E-state index contributed by atoms with van der Waals surface area (Å²) in [4.78, 5) is 11.4. The molecule has 0 radical (unpaired) electrons. The molecular weight excluding hydrogens is 236 g/mol. The number of hydrogen-bond donors (Lipinski definition) is 0. The summed E-state index contributed by atoms with van der Waals surface area (Å²) in [6.45, 7) is 4.23. The van der Waals surface area contributed by atoms with Crippen molar-refractivity contribution in [3.63, 3.8) is 0 Å². The third kappa shape index (κ3) is 3.22. The summed E-state index contributed by atoms with van der Waals surface area (Å²) in [6.07, 6.45) is 0.883. The zero-order valence-electron chi connectivity index (χ0n) is 11.6. The summed E-state index contributed by atoms with van der Waals surface area (Å²) in [5, 5.41) is 0. The Labute approximate surface area is 114 Å². The van der Waals surface area contributed by atoms with Gasteiger partial charge in [-0.3, -0.25) is 0 Å². The van der Waals surface area contributed by atoms with Crippen molar-refractivity contribution in [3.05, 3.63) is 70.3 Å². The van der Waals surface area contributed by atoms with Crippen molar-refractivity contribution in [2.24, 2.45) is 0 Å². The van der Waals surface area contributed by atoms with Gasteiger partial charge in [0, 0.05) is 0 Å². The van der Waals surface area contributed by atoms with E-state index in [1.54, 1.807) is 0 Å². The van der Waals surface area contributed by atoms with Gasteiger partial charge in [0.1, 0.15) is 0 Å². The Morgan fingerprint density at radius 2 is 1.74 bits per heavy atom. The van der Waals surface area contributed by atoms with Crippen LogP contribution in [-0.2, 0) is 11.2 Å². The molecular formula is C17H18O2. The van der Waals surface area contributed by atoms with Crippen LogP contribution in [-0.4, -0.2) is 13.1 Å². The van der Waals surface area contributed by atoms with Gasteiger partial charge >= 0.3 is 5.97 Å². The molecule has 0 unspecified atom stereocenters. The molecule has 0 aliphatic rings. The molecule has 2 heteroatoms. The van der Waals surface area contributed by atoms with E-state index in [1.807, 2.05) is 24.3 Å². The van der Waals surface area contributed by atoms with Crippen molar-refractivity contribution in [2.45, 2.75) is 20.3 Å². The Hall–Kier alpha value is -2.09. The molecule has 0 heterocycles. The van der Waals surface area contributed by atoms with Crippen LogP contribution in [0.1, 0.15) is 32.6 Å². The monoisotopic (exact) mass is 254 g/mol. The lowest BCUT2D eigenvalue weighted by Crippen LogP contribution is -2.01. The second kappa shape index (κ2) is 5.70. The molecule has 0 saturated heterocycles. The molecule has 0 aliphatic heterocycles. The Kier molecular flexibility index (Phi) is 4.00. The van der Waals surface area contributed by atoms with E-state index in [0.717, 1.165) is 6.42 Å². The van der Waals surface area contributed by atoms with Crippen LogP contribution in [0.3, 0.4) is 0 Å². The normalized spacial score (nSPS) is 10.3. The van der Waals surface area contributed by atoms with Gasteiger partial charge in [-0.1, -0.05) is 35.9 Å². The fourth-order valence-corrected chi connectivity index (χ4v) is 2.14. The largest absolute Gasteiger partial charge is 0.465 e. The number of rotatable bonds is 3. The zero-order chi connectivity index (χ0) is 13.8. The van der Waals surface area contributed by atoms with Gasteiger partial charge in [0.25, 0.3) is 0 Å². The Morgan fingerprint density at radius 3 is 2.32 bits per heavy atom. The highest BCUT2D eigenvalue weighted by atomic mass is 16.5. The number of carbonyl (C=O) groups excluding carboxylic acids is 1. The van der Waals surface area contributed by atoms with Gasteiger partial charge < -0.3 is 4.74 Å². The van der Waals surface area contributed by atoms with Crippen molar-refractivity contribution in [3.8, 4) is 0 Å². The van der Waals surface area contributed by atoms with Crippen LogP contribution in [0.5, 0.6) is 0 Å². The molecule has 2 aromatic rings. The van der Waals surface area contributed by atoms with Gasteiger partial charge in [-0.2, -0.15) is 0 Å². The maximum absolute atomic E-state index is 11.4. The number of hydrogen-bond acceptors (Lipinski definition) is 2. The lowest BCUT2D eigenvalue weighted by atomic mass is 9.98. The first-order valence-corrected chi connectivity index (χ1v) is 6.33. The van der Waals surface area contributed by atoms with Crippen LogP contribution in [0.4, 0.5) is 0 Å². The number of aryl methyl sites for hydroxylation is 2. The van der Waals surface area contributed by atoms with Gasteiger partial charge in [-0.05, 0) is 49.1 Å². The minimum atomic E-state index is -0.293. The number of carbonyl (C=O) groups is 1. The minimum absolute atomic E-state index is 0.293. The van der Waals surface area contributed by atoms with E-state index in [0.29, 0.717) is 5.56 Å². The molecule has 0 spiro atoms. The van der Waals surface area contributed by atoms with E-state index in [9.17, 15) is 4.79 Å². The maximum Gasteiger partial charge on any atom is 0.337 e. The highest BCUT2D eigenvalue weighted by Crippen LogP contribution is 2.16. The van der Waals surface area contributed by atoms with E-state index in [-0.39, 0.29) is 5.97 Å². The SMILES string of the molecule is COC(=O)c1ccc(Cc2ccc(C)cc2C)cc1. The Bertz CT molecular complexity index is 583. The summed E-state index contributed by atoms with van der Waals surface area (Å²) >= 11 is 0. The first kappa shape index (κ1) is 13.3. The summed E-state index contributed by atoms with van der Waals surface area (Å²) in [5.41, 5.74) is 5.68. The molecule has 19 heavy (non-hydrogen) atoms. The van der Waals surface area contributed by atoms with Crippen molar-refractivity contribution in [1.82, 2.24) is 0 Å². The quantitative estimate of drug-likeness (QED) is 0.781. The van der Waals surface area contributed by atoms with E-state index >= 15 is 0 Å². The van der Waals surface area contributed by atoms with Crippen LogP contribution in [0.25, 0.3) is 0 Å².